The summed E-state index contributed by atoms with van der Waals surface area (Å²) in [5, 5.41) is 0. The van der Waals surface area contributed by atoms with Crippen LogP contribution < -0.4 is 5.73 Å². The number of hydrogen-bond donors (Lipinski definition) is 1. The van der Waals surface area contributed by atoms with Gasteiger partial charge >= 0.3 is 5.97 Å². The van der Waals surface area contributed by atoms with Crippen molar-refractivity contribution in [3.05, 3.63) is 12.2 Å². The highest BCUT2D eigenvalue weighted by molar-refractivity contribution is 6.11. The number of guanidine groups is 1. The minimum atomic E-state index is -0.504. The third kappa shape index (κ3) is 14.4. The summed E-state index contributed by atoms with van der Waals surface area (Å²) in [6.07, 6.45) is 1.22. The maximum atomic E-state index is 11.0. The van der Waals surface area contributed by atoms with Gasteiger partial charge in [0.2, 0.25) is 5.96 Å². The Balaban J connectivity index is -0.000000439. The zero-order valence-electron chi connectivity index (χ0n) is 11.8. The van der Waals surface area contributed by atoms with Crippen LogP contribution in [0.5, 0.6) is 0 Å². The average Bonchev–Trinajstić information content (AvgIpc) is 2.40. The number of nitrogens with two attached hydrogens (primary N) is 1. The molecule has 0 bridgehead atoms. The Morgan fingerprint density at radius 3 is 2.18 bits per heavy atom. The topological polar surface area (TPSA) is 77.0 Å². The second kappa shape index (κ2) is 16.8. The van der Waals surface area contributed by atoms with Crippen LogP contribution in [0.3, 0.4) is 0 Å². The van der Waals surface area contributed by atoms with Gasteiger partial charge in [-0.2, -0.15) is 0 Å². The fourth-order valence-corrected chi connectivity index (χ4v) is 0.478. The smallest absolute Gasteiger partial charge is 0.339 e. The lowest BCUT2D eigenvalue weighted by atomic mass is 10.3. The van der Waals surface area contributed by atoms with Gasteiger partial charge < -0.3 is 10.5 Å². The van der Waals surface area contributed by atoms with Gasteiger partial charge in [0.25, 0.3) is 0 Å². The Labute approximate surface area is 104 Å². The molecule has 0 aromatic rings. The first-order chi connectivity index (χ1) is 8.11. The molecule has 0 aromatic carbocycles. The molecule has 0 aliphatic rings. The molecule has 17 heavy (non-hydrogen) atoms. The largest absolute Gasteiger partial charge is 0.462 e. The number of esters is 1. The van der Waals surface area contributed by atoms with Crippen LogP contribution in [0.25, 0.3) is 0 Å². The Morgan fingerprint density at radius 1 is 1.35 bits per heavy atom. The first-order valence-electron chi connectivity index (χ1n) is 5.74. The van der Waals surface area contributed by atoms with E-state index in [0.29, 0.717) is 6.61 Å². The van der Waals surface area contributed by atoms with Gasteiger partial charge in [0.1, 0.15) is 0 Å². The fourth-order valence-electron chi connectivity index (χ4n) is 0.478. The SMILES string of the molecule is C=C(/C=N\C(N)=NC)C(=O)OCC.CC.CC. The Kier molecular flexibility index (Phi) is 20.4. The molecule has 0 fully saturated rings. The van der Waals surface area contributed by atoms with Crippen LogP contribution in [0.2, 0.25) is 0 Å². The normalized spacial score (nSPS) is 9.65. The molecule has 0 unspecified atom stereocenters. The lowest BCUT2D eigenvalue weighted by molar-refractivity contribution is -0.137. The van der Waals surface area contributed by atoms with Crippen molar-refractivity contribution in [1.82, 2.24) is 0 Å². The molecule has 0 amide bonds. The van der Waals surface area contributed by atoms with Crippen LogP contribution in [0, 0.1) is 0 Å². The summed E-state index contributed by atoms with van der Waals surface area (Å²) in [7, 11) is 1.50. The number of carbonyl (C=O) groups excluding carboxylic acids is 1. The summed E-state index contributed by atoms with van der Waals surface area (Å²) < 4.78 is 4.66. The van der Waals surface area contributed by atoms with Crippen molar-refractivity contribution in [2.24, 2.45) is 15.7 Å². The third-order valence-electron chi connectivity index (χ3n) is 1.12. The fraction of sp³-hybridized carbons (Fsp3) is 0.583. The van der Waals surface area contributed by atoms with E-state index in [1.807, 2.05) is 27.7 Å². The van der Waals surface area contributed by atoms with E-state index in [9.17, 15) is 4.79 Å². The summed E-state index contributed by atoms with van der Waals surface area (Å²) >= 11 is 0. The summed E-state index contributed by atoms with van der Waals surface area (Å²) in [6.45, 7) is 13.5. The van der Waals surface area contributed by atoms with E-state index < -0.39 is 5.97 Å². The number of carbonyl (C=O) groups is 1. The molecule has 0 aliphatic heterocycles. The monoisotopic (exact) mass is 243 g/mol. The lowest BCUT2D eigenvalue weighted by Crippen LogP contribution is -2.11. The number of hydrogen-bond acceptors (Lipinski definition) is 3. The van der Waals surface area contributed by atoms with Gasteiger partial charge in [0.05, 0.1) is 12.2 Å². The second-order valence-corrected chi connectivity index (χ2v) is 2.09. The molecular formula is C12H25N3O2. The van der Waals surface area contributed by atoms with Crippen molar-refractivity contribution < 1.29 is 9.53 Å². The zero-order chi connectivity index (χ0) is 14.3. The predicted molar refractivity (Wildman–Crippen MR) is 74.5 cm³/mol. The highest BCUT2D eigenvalue weighted by Gasteiger charge is 2.03. The number of ether oxygens (including phenoxy) is 1. The Morgan fingerprint density at radius 2 is 1.82 bits per heavy atom. The van der Waals surface area contributed by atoms with Crippen LogP contribution in [-0.4, -0.2) is 31.8 Å². The summed E-state index contributed by atoms with van der Waals surface area (Å²) in [5.41, 5.74) is 5.40. The van der Waals surface area contributed by atoms with Crippen LogP contribution in [0.1, 0.15) is 34.6 Å². The molecule has 0 aromatic heterocycles. The van der Waals surface area contributed by atoms with E-state index in [1.54, 1.807) is 6.92 Å². The molecule has 100 valence electrons. The van der Waals surface area contributed by atoms with E-state index in [2.05, 4.69) is 21.3 Å². The molecule has 0 spiro atoms. The van der Waals surface area contributed by atoms with Gasteiger partial charge in [-0.05, 0) is 6.92 Å². The van der Waals surface area contributed by atoms with Crippen molar-refractivity contribution in [2.75, 3.05) is 13.7 Å². The molecule has 2 N–H and O–H groups in total. The first kappa shape index (κ1) is 20.7. The van der Waals surface area contributed by atoms with Gasteiger partial charge in [-0.3, -0.25) is 4.99 Å². The van der Waals surface area contributed by atoms with Crippen molar-refractivity contribution in [1.29, 1.82) is 0 Å². The molecule has 0 radical (unpaired) electrons. The minimum Gasteiger partial charge on any atom is -0.462 e. The van der Waals surface area contributed by atoms with E-state index in [1.165, 1.54) is 13.3 Å². The van der Waals surface area contributed by atoms with Gasteiger partial charge in [0, 0.05) is 13.3 Å². The average molecular weight is 243 g/mol. The van der Waals surface area contributed by atoms with Crippen LogP contribution in [-0.2, 0) is 9.53 Å². The summed E-state index contributed by atoms with van der Waals surface area (Å²) in [4.78, 5) is 18.2. The van der Waals surface area contributed by atoms with E-state index in [0.717, 1.165) is 0 Å². The molecular weight excluding hydrogens is 218 g/mol. The molecule has 5 heteroatoms. The van der Waals surface area contributed by atoms with Crippen molar-refractivity contribution in [3.63, 3.8) is 0 Å². The van der Waals surface area contributed by atoms with Gasteiger partial charge in [-0.25, -0.2) is 9.79 Å². The highest BCUT2D eigenvalue weighted by Crippen LogP contribution is 1.90. The molecule has 0 aliphatic carbocycles. The van der Waals surface area contributed by atoms with Crippen LogP contribution in [0.4, 0.5) is 0 Å². The second-order valence-electron chi connectivity index (χ2n) is 2.09. The molecule has 0 heterocycles. The molecule has 5 nitrogen and oxygen atoms in total. The minimum absolute atomic E-state index is 0.0884. The maximum absolute atomic E-state index is 11.0. The zero-order valence-corrected chi connectivity index (χ0v) is 11.8. The standard InChI is InChI=1S/C8H13N3O2.2C2H6/c1-4-13-7(12)6(2)5-11-8(9)10-3;2*1-2/h5H,2,4H2,1,3H3,(H2,9,10);2*1-2H3/b11-5-;;. The van der Waals surface area contributed by atoms with E-state index in [-0.39, 0.29) is 11.5 Å². The third-order valence-corrected chi connectivity index (χ3v) is 1.12. The highest BCUT2D eigenvalue weighted by atomic mass is 16.5. The van der Waals surface area contributed by atoms with E-state index >= 15 is 0 Å². The van der Waals surface area contributed by atoms with Gasteiger partial charge in [-0.1, -0.05) is 34.3 Å². The number of nitrogens with zero attached hydrogens (tertiary/aromatic N) is 2. The summed E-state index contributed by atoms with van der Waals surface area (Å²) in [5.74, 6) is -0.416. The first-order valence-corrected chi connectivity index (χ1v) is 5.74. The summed E-state index contributed by atoms with van der Waals surface area (Å²) in [6, 6.07) is 0. The van der Waals surface area contributed by atoms with E-state index in [4.69, 9.17) is 5.73 Å². The predicted octanol–water partition coefficient (Wildman–Crippen LogP) is 2.17. The quantitative estimate of drug-likeness (QED) is 0.357. The van der Waals surface area contributed by atoms with Crippen molar-refractivity contribution in [3.8, 4) is 0 Å². The van der Waals surface area contributed by atoms with Crippen molar-refractivity contribution in [2.45, 2.75) is 34.6 Å². The molecule has 0 saturated carbocycles. The maximum Gasteiger partial charge on any atom is 0.339 e. The lowest BCUT2D eigenvalue weighted by Gasteiger charge is -1.98. The Bertz CT molecular complexity index is 258. The Hall–Kier alpha value is -1.65. The van der Waals surface area contributed by atoms with Crippen LogP contribution >= 0.6 is 0 Å². The van der Waals surface area contributed by atoms with Gasteiger partial charge in [-0.15, -0.1) is 0 Å². The van der Waals surface area contributed by atoms with Crippen LogP contribution in [0.15, 0.2) is 22.1 Å². The molecule has 0 atom stereocenters. The van der Waals surface area contributed by atoms with Gasteiger partial charge in [0.15, 0.2) is 0 Å². The number of rotatable bonds is 3. The molecule has 0 rings (SSSR count). The number of aliphatic imine (C=N–C) groups is 2. The van der Waals surface area contributed by atoms with Crippen molar-refractivity contribution >= 4 is 18.1 Å². The molecule has 0 saturated heterocycles.